The van der Waals surface area contributed by atoms with Crippen LogP contribution in [0.15, 0.2) is 29.2 Å². The van der Waals surface area contributed by atoms with Crippen LogP contribution in [-0.4, -0.2) is 5.75 Å². The van der Waals surface area contributed by atoms with Crippen LogP contribution in [0.2, 0.25) is 0 Å². The van der Waals surface area contributed by atoms with Crippen LogP contribution in [0.3, 0.4) is 0 Å². The third-order valence-electron chi connectivity index (χ3n) is 2.59. The molecular formula is C15H18BrNS. The maximum absolute atomic E-state index is 9.11. The third-order valence-corrected chi connectivity index (χ3v) is 4.58. The first kappa shape index (κ1) is 15.3. The van der Waals surface area contributed by atoms with Gasteiger partial charge in [-0.1, -0.05) is 52.0 Å². The van der Waals surface area contributed by atoms with Gasteiger partial charge in [0.15, 0.2) is 0 Å². The molecule has 1 rings (SSSR count). The van der Waals surface area contributed by atoms with E-state index in [4.69, 9.17) is 5.26 Å². The van der Waals surface area contributed by atoms with Crippen LogP contribution in [-0.2, 0) is 5.41 Å². The summed E-state index contributed by atoms with van der Waals surface area (Å²) in [6.07, 6.45) is 0. The summed E-state index contributed by atoms with van der Waals surface area (Å²) in [5.41, 5.74) is 2.51. The van der Waals surface area contributed by atoms with Crippen molar-refractivity contribution in [2.24, 2.45) is 0 Å². The molecule has 18 heavy (non-hydrogen) atoms. The predicted molar refractivity (Wildman–Crippen MR) is 84.7 cm³/mol. The fourth-order valence-electron chi connectivity index (χ4n) is 1.54. The number of hydrogen-bond acceptors (Lipinski definition) is 2. The highest BCUT2D eigenvalue weighted by molar-refractivity contribution is 9.15. The Kier molecular flexibility index (Phi) is 5.49. The first-order valence-corrected chi connectivity index (χ1v) is 7.71. The highest BCUT2D eigenvalue weighted by Gasteiger charge is 2.14. The molecule has 1 aromatic rings. The van der Waals surface area contributed by atoms with Crippen molar-refractivity contribution in [3.63, 3.8) is 0 Å². The van der Waals surface area contributed by atoms with Crippen molar-refractivity contribution in [3.8, 4) is 6.07 Å². The highest BCUT2D eigenvalue weighted by Crippen LogP contribution is 2.32. The standard InChI is InChI=1S/C15H18BrNS/c1-5-18-13(10-17)14(16)11-6-8-12(9-7-11)15(2,3)4/h6-9H,5H2,1-4H3/b14-13-. The van der Waals surface area contributed by atoms with E-state index in [0.29, 0.717) is 0 Å². The fourth-order valence-corrected chi connectivity index (χ4v) is 2.83. The van der Waals surface area contributed by atoms with Crippen LogP contribution in [0.1, 0.15) is 38.8 Å². The van der Waals surface area contributed by atoms with Gasteiger partial charge in [-0.15, -0.1) is 11.8 Å². The Hall–Kier alpha value is -0.720. The molecule has 0 saturated carbocycles. The molecule has 0 unspecified atom stereocenters. The molecule has 0 atom stereocenters. The monoisotopic (exact) mass is 323 g/mol. The molecule has 0 aromatic heterocycles. The minimum Gasteiger partial charge on any atom is -0.192 e. The van der Waals surface area contributed by atoms with Crippen molar-refractivity contribution < 1.29 is 0 Å². The van der Waals surface area contributed by atoms with Gasteiger partial charge >= 0.3 is 0 Å². The first-order valence-electron chi connectivity index (χ1n) is 5.93. The summed E-state index contributed by atoms with van der Waals surface area (Å²) < 4.78 is 0.886. The molecule has 3 heteroatoms. The average Bonchev–Trinajstić information content (AvgIpc) is 2.34. The smallest absolute Gasteiger partial charge is 0.107 e. The SMILES string of the molecule is CCS/C(C#N)=C(\Br)c1ccc(C(C)(C)C)cc1. The normalized spacial score (nSPS) is 12.9. The van der Waals surface area contributed by atoms with Gasteiger partial charge < -0.3 is 0 Å². The summed E-state index contributed by atoms with van der Waals surface area (Å²) >= 11 is 5.09. The number of nitriles is 1. The van der Waals surface area contributed by atoms with Gasteiger partial charge in [0, 0.05) is 4.48 Å². The lowest BCUT2D eigenvalue weighted by atomic mass is 9.87. The largest absolute Gasteiger partial charge is 0.192 e. The Bertz CT molecular complexity index is 475. The van der Waals surface area contributed by atoms with Crippen molar-refractivity contribution in [3.05, 3.63) is 40.3 Å². The Balaban J connectivity index is 3.09. The Morgan fingerprint density at radius 3 is 2.22 bits per heavy atom. The number of benzene rings is 1. The van der Waals surface area contributed by atoms with Gasteiger partial charge in [0.25, 0.3) is 0 Å². The zero-order valence-corrected chi connectivity index (χ0v) is 13.7. The summed E-state index contributed by atoms with van der Waals surface area (Å²) in [4.78, 5) is 0.737. The second kappa shape index (κ2) is 6.45. The summed E-state index contributed by atoms with van der Waals surface area (Å²) in [6, 6.07) is 10.6. The van der Waals surface area contributed by atoms with Gasteiger partial charge in [-0.05, 0) is 38.2 Å². The molecule has 0 heterocycles. The minimum atomic E-state index is 0.158. The molecule has 1 nitrogen and oxygen atoms in total. The van der Waals surface area contributed by atoms with E-state index < -0.39 is 0 Å². The summed E-state index contributed by atoms with van der Waals surface area (Å²) in [6.45, 7) is 8.63. The molecule has 0 N–H and O–H groups in total. The quantitative estimate of drug-likeness (QED) is 0.702. The van der Waals surface area contributed by atoms with E-state index in [2.05, 4.69) is 67.0 Å². The van der Waals surface area contributed by atoms with E-state index in [1.165, 1.54) is 5.56 Å². The van der Waals surface area contributed by atoms with Gasteiger partial charge in [-0.3, -0.25) is 0 Å². The average molecular weight is 324 g/mol. The third kappa shape index (κ3) is 3.90. The molecule has 0 fully saturated rings. The lowest BCUT2D eigenvalue weighted by Gasteiger charge is -2.19. The Labute approximate surface area is 122 Å². The lowest BCUT2D eigenvalue weighted by molar-refractivity contribution is 0.590. The highest BCUT2D eigenvalue weighted by atomic mass is 79.9. The number of allylic oxidation sites excluding steroid dienone is 1. The van der Waals surface area contributed by atoms with Crippen LogP contribution < -0.4 is 0 Å². The molecule has 0 radical (unpaired) electrons. The maximum atomic E-state index is 9.11. The summed E-state index contributed by atoms with van der Waals surface area (Å²) in [5.74, 6) is 0.901. The molecule has 0 aliphatic heterocycles. The summed E-state index contributed by atoms with van der Waals surface area (Å²) in [5, 5.41) is 9.11. The summed E-state index contributed by atoms with van der Waals surface area (Å²) in [7, 11) is 0. The zero-order valence-electron chi connectivity index (χ0n) is 11.2. The zero-order chi connectivity index (χ0) is 13.8. The molecule has 0 saturated heterocycles. The first-order chi connectivity index (χ1) is 8.40. The number of halogens is 1. The van der Waals surface area contributed by atoms with Crippen molar-refractivity contribution in [1.82, 2.24) is 0 Å². The molecule has 0 spiro atoms. The van der Waals surface area contributed by atoms with Crippen LogP contribution in [0.4, 0.5) is 0 Å². The fraction of sp³-hybridized carbons (Fsp3) is 0.400. The van der Waals surface area contributed by atoms with Gasteiger partial charge in [0.2, 0.25) is 0 Å². The molecule has 0 aliphatic carbocycles. The molecule has 0 amide bonds. The Morgan fingerprint density at radius 2 is 1.83 bits per heavy atom. The number of rotatable bonds is 3. The number of nitrogens with zero attached hydrogens (tertiary/aromatic N) is 1. The van der Waals surface area contributed by atoms with Gasteiger partial charge in [0.05, 0.1) is 4.91 Å². The molecular weight excluding hydrogens is 306 g/mol. The van der Waals surface area contributed by atoms with Crippen LogP contribution >= 0.6 is 27.7 Å². The van der Waals surface area contributed by atoms with Crippen LogP contribution in [0, 0.1) is 11.3 Å². The van der Waals surface area contributed by atoms with E-state index in [9.17, 15) is 0 Å². The molecule has 0 bridgehead atoms. The van der Waals surface area contributed by atoms with Gasteiger partial charge in [-0.25, -0.2) is 0 Å². The number of hydrogen-bond donors (Lipinski definition) is 0. The van der Waals surface area contributed by atoms with E-state index >= 15 is 0 Å². The van der Waals surface area contributed by atoms with Crippen molar-refractivity contribution in [1.29, 1.82) is 5.26 Å². The molecule has 0 aliphatic rings. The lowest BCUT2D eigenvalue weighted by Crippen LogP contribution is -2.10. The van der Waals surface area contributed by atoms with Crippen molar-refractivity contribution in [2.45, 2.75) is 33.1 Å². The predicted octanol–water partition coefficient (Wildman–Crippen LogP) is 5.32. The van der Waals surface area contributed by atoms with Crippen molar-refractivity contribution in [2.75, 3.05) is 5.75 Å². The minimum absolute atomic E-state index is 0.158. The topological polar surface area (TPSA) is 23.8 Å². The van der Waals surface area contributed by atoms with E-state index in [1.54, 1.807) is 11.8 Å². The second-order valence-electron chi connectivity index (χ2n) is 5.02. The maximum Gasteiger partial charge on any atom is 0.107 e. The number of thioether (sulfide) groups is 1. The van der Waals surface area contributed by atoms with E-state index in [1.807, 2.05) is 6.92 Å². The second-order valence-corrected chi connectivity index (χ2v) is 7.08. The van der Waals surface area contributed by atoms with E-state index in [0.717, 1.165) is 20.7 Å². The van der Waals surface area contributed by atoms with Crippen LogP contribution in [0.5, 0.6) is 0 Å². The molecule has 1 aromatic carbocycles. The van der Waals surface area contributed by atoms with Crippen LogP contribution in [0.25, 0.3) is 4.48 Å². The molecule has 96 valence electrons. The van der Waals surface area contributed by atoms with Crippen molar-refractivity contribution >= 4 is 32.2 Å². The van der Waals surface area contributed by atoms with Gasteiger partial charge in [0.1, 0.15) is 6.07 Å². The van der Waals surface area contributed by atoms with Gasteiger partial charge in [-0.2, -0.15) is 5.26 Å². The van der Waals surface area contributed by atoms with E-state index in [-0.39, 0.29) is 5.41 Å². The Morgan fingerprint density at radius 1 is 1.28 bits per heavy atom.